The lowest BCUT2D eigenvalue weighted by Crippen LogP contribution is -2.38. The zero-order chi connectivity index (χ0) is 19.6. The summed E-state index contributed by atoms with van der Waals surface area (Å²) in [6, 6.07) is 15.3. The Kier molecular flexibility index (Phi) is 7.67. The third-order valence-corrected chi connectivity index (χ3v) is 4.74. The lowest BCUT2D eigenvalue weighted by atomic mass is 10.1. The summed E-state index contributed by atoms with van der Waals surface area (Å²) in [5.41, 5.74) is 3.12. The summed E-state index contributed by atoms with van der Waals surface area (Å²) in [7, 11) is 0. The molecule has 0 aromatic heterocycles. The monoisotopic (exact) mass is 384 g/mol. The van der Waals surface area contributed by atoms with Crippen LogP contribution >= 0.6 is 0 Å². The summed E-state index contributed by atoms with van der Waals surface area (Å²) in [6.07, 6.45) is 0.613. The van der Waals surface area contributed by atoms with Crippen LogP contribution in [0.3, 0.4) is 0 Å². The third kappa shape index (κ3) is 5.70. The van der Waals surface area contributed by atoms with E-state index in [2.05, 4.69) is 33.7 Å². The van der Waals surface area contributed by atoms with Crippen LogP contribution in [-0.2, 0) is 17.7 Å². The zero-order valence-electron chi connectivity index (χ0n) is 16.5. The molecule has 0 atom stereocenters. The summed E-state index contributed by atoms with van der Waals surface area (Å²) in [4.78, 5) is 7.09. The maximum Gasteiger partial charge on any atom is 0.191 e. The molecule has 1 saturated heterocycles. The van der Waals surface area contributed by atoms with Gasteiger partial charge in [0.15, 0.2) is 5.96 Å². The maximum absolute atomic E-state index is 13.8. The Morgan fingerprint density at radius 1 is 1.04 bits per heavy atom. The smallest absolute Gasteiger partial charge is 0.191 e. The molecule has 2 N–H and O–H groups in total. The van der Waals surface area contributed by atoms with Crippen molar-refractivity contribution in [3.8, 4) is 0 Å². The first-order chi connectivity index (χ1) is 13.8. The minimum absolute atomic E-state index is 0.161. The van der Waals surface area contributed by atoms with Crippen LogP contribution in [0.5, 0.6) is 0 Å². The summed E-state index contributed by atoms with van der Waals surface area (Å²) in [6.45, 7) is 7.35. The van der Waals surface area contributed by atoms with E-state index in [1.807, 2.05) is 25.1 Å². The summed E-state index contributed by atoms with van der Waals surface area (Å²) in [5, 5.41) is 6.57. The molecular weight excluding hydrogens is 355 g/mol. The number of para-hydroxylation sites is 1. The van der Waals surface area contributed by atoms with Gasteiger partial charge in [-0.15, -0.1) is 0 Å². The van der Waals surface area contributed by atoms with Crippen LogP contribution in [0.25, 0.3) is 0 Å². The van der Waals surface area contributed by atoms with Gasteiger partial charge < -0.3 is 20.3 Å². The van der Waals surface area contributed by atoms with Gasteiger partial charge in [0, 0.05) is 31.9 Å². The number of benzene rings is 2. The molecule has 28 heavy (non-hydrogen) atoms. The number of guanidine groups is 1. The average molecular weight is 384 g/mol. The Labute approximate surface area is 166 Å². The molecule has 2 aromatic rings. The van der Waals surface area contributed by atoms with E-state index in [1.54, 1.807) is 6.07 Å². The first-order valence-electron chi connectivity index (χ1n) is 9.94. The molecule has 1 heterocycles. The van der Waals surface area contributed by atoms with Gasteiger partial charge in [-0.05, 0) is 36.6 Å². The fourth-order valence-electron chi connectivity index (χ4n) is 3.28. The molecule has 5 nitrogen and oxygen atoms in total. The van der Waals surface area contributed by atoms with Gasteiger partial charge >= 0.3 is 0 Å². The van der Waals surface area contributed by atoms with E-state index in [1.165, 1.54) is 17.3 Å². The van der Waals surface area contributed by atoms with Gasteiger partial charge in [-0.2, -0.15) is 0 Å². The highest BCUT2D eigenvalue weighted by Gasteiger charge is 2.14. The highest BCUT2D eigenvalue weighted by Crippen LogP contribution is 2.22. The molecule has 2 aromatic carbocycles. The van der Waals surface area contributed by atoms with E-state index < -0.39 is 0 Å². The molecule has 1 aliphatic heterocycles. The molecule has 0 saturated carbocycles. The minimum Gasteiger partial charge on any atom is -0.378 e. The summed E-state index contributed by atoms with van der Waals surface area (Å²) >= 11 is 0. The van der Waals surface area contributed by atoms with Gasteiger partial charge in [0.25, 0.3) is 0 Å². The van der Waals surface area contributed by atoms with Crippen LogP contribution < -0.4 is 15.5 Å². The Hall–Kier alpha value is -2.60. The molecule has 0 bridgehead atoms. The zero-order valence-corrected chi connectivity index (χ0v) is 16.5. The van der Waals surface area contributed by atoms with Crippen molar-refractivity contribution < 1.29 is 9.13 Å². The average Bonchev–Trinajstić information content (AvgIpc) is 2.74. The predicted molar refractivity (Wildman–Crippen MR) is 112 cm³/mol. The van der Waals surface area contributed by atoms with Crippen LogP contribution in [0, 0.1) is 5.82 Å². The Balaban J connectivity index is 1.62. The molecule has 150 valence electrons. The van der Waals surface area contributed by atoms with Crippen molar-refractivity contribution in [1.29, 1.82) is 0 Å². The van der Waals surface area contributed by atoms with Crippen LogP contribution in [0.1, 0.15) is 18.1 Å². The standard InChI is InChI=1S/C22H29FN4O/c1-2-24-22(25-12-11-18-7-3-5-9-20(18)23)26-17-19-8-4-6-10-21(19)27-13-15-28-16-14-27/h3-10H,2,11-17H2,1H3,(H2,24,25,26). The molecule has 0 radical (unpaired) electrons. The fraction of sp³-hybridized carbons (Fsp3) is 0.409. The first-order valence-corrected chi connectivity index (χ1v) is 9.94. The van der Waals surface area contributed by atoms with Gasteiger partial charge in [0.2, 0.25) is 0 Å². The summed E-state index contributed by atoms with van der Waals surface area (Å²) in [5.74, 6) is 0.585. The number of aliphatic imine (C=N–C) groups is 1. The molecule has 0 unspecified atom stereocenters. The lowest BCUT2D eigenvalue weighted by molar-refractivity contribution is 0.122. The summed E-state index contributed by atoms with van der Waals surface area (Å²) < 4.78 is 19.2. The van der Waals surface area contributed by atoms with Crippen molar-refractivity contribution in [3.05, 3.63) is 65.5 Å². The van der Waals surface area contributed by atoms with Gasteiger partial charge in [0.05, 0.1) is 19.8 Å². The number of halogens is 1. The SMILES string of the molecule is CCNC(=NCc1ccccc1N1CCOCC1)NCCc1ccccc1F. The van der Waals surface area contributed by atoms with Crippen molar-refractivity contribution in [2.45, 2.75) is 19.9 Å². The van der Waals surface area contributed by atoms with E-state index in [0.29, 0.717) is 25.1 Å². The normalized spacial score (nSPS) is 14.8. The number of rotatable bonds is 7. The number of hydrogen-bond acceptors (Lipinski definition) is 3. The van der Waals surface area contributed by atoms with Crippen molar-refractivity contribution in [3.63, 3.8) is 0 Å². The van der Waals surface area contributed by atoms with E-state index in [-0.39, 0.29) is 5.82 Å². The quantitative estimate of drug-likeness (QED) is 0.569. The highest BCUT2D eigenvalue weighted by molar-refractivity contribution is 5.79. The minimum atomic E-state index is -0.161. The number of hydrogen-bond donors (Lipinski definition) is 2. The van der Waals surface area contributed by atoms with Crippen LogP contribution in [0.2, 0.25) is 0 Å². The van der Waals surface area contributed by atoms with Crippen LogP contribution in [-0.4, -0.2) is 45.4 Å². The second-order valence-electron chi connectivity index (χ2n) is 6.69. The lowest BCUT2D eigenvalue weighted by Gasteiger charge is -2.30. The number of ether oxygens (including phenoxy) is 1. The second-order valence-corrected chi connectivity index (χ2v) is 6.69. The number of nitrogens with one attached hydrogen (secondary N) is 2. The van der Waals surface area contributed by atoms with E-state index in [9.17, 15) is 4.39 Å². The van der Waals surface area contributed by atoms with Gasteiger partial charge in [-0.1, -0.05) is 36.4 Å². The van der Waals surface area contributed by atoms with Gasteiger partial charge in [-0.3, -0.25) is 0 Å². The first kappa shape index (κ1) is 20.1. The van der Waals surface area contributed by atoms with Crippen molar-refractivity contribution in [1.82, 2.24) is 10.6 Å². The second kappa shape index (κ2) is 10.7. The Bertz CT molecular complexity index is 775. The van der Waals surface area contributed by atoms with Gasteiger partial charge in [0.1, 0.15) is 5.82 Å². The number of anilines is 1. The van der Waals surface area contributed by atoms with Crippen molar-refractivity contribution in [2.75, 3.05) is 44.3 Å². The van der Waals surface area contributed by atoms with Crippen molar-refractivity contribution >= 4 is 11.6 Å². The molecular formula is C22H29FN4O. The largest absolute Gasteiger partial charge is 0.378 e. The van der Waals surface area contributed by atoms with Crippen LogP contribution in [0.15, 0.2) is 53.5 Å². The molecule has 6 heteroatoms. The third-order valence-electron chi connectivity index (χ3n) is 4.74. The molecule has 1 aliphatic rings. The fourth-order valence-corrected chi connectivity index (χ4v) is 3.28. The van der Waals surface area contributed by atoms with E-state index >= 15 is 0 Å². The maximum atomic E-state index is 13.8. The number of nitrogens with zero attached hydrogens (tertiary/aromatic N) is 2. The molecule has 1 fully saturated rings. The van der Waals surface area contributed by atoms with E-state index in [4.69, 9.17) is 9.73 Å². The molecule has 0 amide bonds. The molecule has 0 aliphatic carbocycles. The Morgan fingerprint density at radius 3 is 2.50 bits per heavy atom. The van der Waals surface area contributed by atoms with E-state index in [0.717, 1.165) is 38.8 Å². The topological polar surface area (TPSA) is 48.9 Å². The Morgan fingerprint density at radius 2 is 1.75 bits per heavy atom. The van der Waals surface area contributed by atoms with Gasteiger partial charge in [-0.25, -0.2) is 9.38 Å². The number of morpholine rings is 1. The highest BCUT2D eigenvalue weighted by atomic mass is 19.1. The predicted octanol–water partition coefficient (Wildman–Crippen LogP) is 2.96. The molecule has 0 spiro atoms. The molecule has 3 rings (SSSR count). The van der Waals surface area contributed by atoms with Crippen LogP contribution in [0.4, 0.5) is 10.1 Å². The van der Waals surface area contributed by atoms with Crippen molar-refractivity contribution in [2.24, 2.45) is 4.99 Å².